The molecule has 0 amide bonds. The highest BCUT2D eigenvalue weighted by Crippen LogP contribution is 2.25. The Morgan fingerprint density at radius 1 is 0.667 bits per heavy atom. The van der Waals surface area contributed by atoms with E-state index in [-0.39, 0.29) is 0 Å². The number of fused-ring (bicyclic) bond motifs is 1. The van der Waals surface area contributed by atoms with Gasteiger partial charge in [-0.2, -0.15) is 0 Å². The Bertz CT molecular complexity index is 120. The minimum absolute atomic E-state index is 0.416. The molecule has 2 atom stereocenters. The van der Waals surface area contributed by atoms with Crippen molar-refractivity contribution in [3.05, 3.63) is 0 Å². The Balaban J connectivity index is 1.89. The van der Waals surface area contributed by atoms with Crippen molar-refractivity contribution in [3.63, 3.8) is 0 Å². The molecule has 0 aromatic carbocycles. The highest BCUT2D eigenvalue weighted by atomic mass is 16.5. The SMILES string of the molecule is C1CCO[C@@H]2CCCC[C@H]2OC1. The molecule has 2 aliphatic rings. The Morgan fingerprint density at radius 2 is 1.17 bits per heavy atom. The van der Waals surface area contributed by atoms with Crippen LogP contribution < -0.4 is 0 Å². The Hall–Kier alpha value is -0.0800. The van der Waals surface area contributed by atoms with E-state index < -0.39 is 0 Å². The normalized spacial score (nSPS) is 38.0. The maximum absolute atomic E-state index is 5.76. The quantitative estimate of drug-likeness (QED) is 0.554. The first-order valence-electron chi connectivity index (χ1n) is 5.20. The van der Waals surface area contributed by atoms with Crippen LogP contribution in [0.15, 0.2) is 0 Å². The number of hydrogen-bond donors (Lipinski definition) is 0. The van der Waals surface area contributed by atoms with Gasteiger partial charge in [0.05, 0.1) is 12.2 Å². The summed E-state index contributed by atoms with van der Waals surface area (Å²) >= 11 is 0. The lowest BCUT2D eigenvalue weighted by atomic mass is 9.94. The second-order valence-corrected chi connectivity index (χ2v) is 3.81. The third-order valence-electron chi connectivity index (χ3n) is 2.84. The molecule has 2 heteroatoms. The van der Waals surface area contributed by atoms with Gasteiger partial charge in [0.2, 0.25) is 0 Å². The molecule has 70 valence electrons. The highest BCUT2D eigenvalue weighted by molar-refractivity contribution is 4.77. The summed E-state index contributed by atoms with van der Waals surface area (Å²) in [6.45, 7) is 1.90. The lowest BCUT2D eigenvalue weighted by Gasteiger charge is -2.33. The average molecular weight is 170 g/mol. The van der Waals surface area contributed by atoms with Crippen LogP contribution >= 0.6 is 0 Å². The molecule has 1 saturated carbocycles. The van der Waals surface area contributed by atoms with E-state index in [0.717, 1.165) is 13.2 Å². The molecular formula is C10H18O2. The summed E-state index contributed by atoms with van der Waals surface area (Å²) in [7, 11) is 0. The Morgan fingerprint density at radius 3 is 1.67 bits per heavy atom. The molecule has 0 aromatic rings. The summed E-state index contributed by atoms with van der Waals surface area (Å²) in [6, 6.07) is 0. The fourth-order valence-electron chi connectivity index (χ4n) is 2.12. The summed E-state index contributed by atoms with van der Waals surface area (Å²) < 4.78 is 11.5. The van der Waals surface area contributed by atoms with Crippen LogP contribution in [0.2, 0.25) is 0 Å². The maximum Gasteiger partial charge on any atom is 0.0836 e. The van der Waals surface area contributed by atoms with Gasteiger partial charge in [-0.15, -0.1) is 0 Å². The lowest BCUT2D eigenvalue weighted by molar-refractivity contribution is -0.108. The number of rotatable bonds is 0. The van der Waals surface area contributed by atoms with Gasteiger partial charge in [0, 0.05) is 13.2 Å². The zero-order valence-electron chi connectivity index (χ0n) is 7.63. The minimum Gasteiger partial charge on any atom is -0.376 e. The molecule has 0 bridgehead atoms. The summed E-state index contributed by atoms with van der Waals surface area (Å²) in [5, 5.41) is 0. The van der Waals surface area contributed by atoms with Crippen LogP contribution in [0.25, 0.3) is 0 Å². The van der Waals surface area contributed by atoms with Gasteiger partial charge in [0.25, 0.3) is 0 Å². The smallest absolute Gasteiger partial charge is 0.0836 e. The second kappa shape index (κ2) is 4.24. The molecule has 2 nitrogen and oxygen atoms in total. The largest absolute Gasteiger partial charge is 0.376 e. The van der Waals surface area contributed by atoms with Gasteiger partial charge in [0.15, 0.2) is 0 Å². The number of hydrogen-bond acceptors (Lipinski definition) is 2. The molecule has 2 rings (SSSR count). The van der Waals surface area contributed by atoms with E-state index in [1.54, 1.807) is 0 Å². The van der Waals surface area contributed by atoms with Crippen LogP contribution in [0, 0.1) is 0 Å². The molecule has 1 aliphatic heterocycles. The van der Waals surface area contributed by atoms with Crippen LogP contribution in [0.1, 0.15) is 38.5 Å². The summed E-state index contributed by atoms with van der Waals surface area (Å²) in [5.41, 5.74) is 0. The van der Waals surface area contributed by atoms with Crippen molar-refractivity contribution in [1.82, 2.24) is 0 Å². The van der Waals surface area contributed by atoms with E-state index >= 15 is 0 Å². The third kappa shape index (κ3) is 1.99. The van der Waals surface area contributed by atoms with Gasteiger partial charge in [-0.3, -0.25) is 0 Å². The average Bonchev–Trinajstić information content (AvgIpc) is 2.06. The zero-order chi connectivity index (χ0) is 8.23. The molecule has 0 aromatic heterocycles. The predicted octanol–water partition coefficient (Wildman–Crippen LogP) is 2.12. The van der Waals surface area contributed by atoms with Crippen molar-refractivity contribution in [1.29, 1.82) is 0 Å². The molecule has 12 heavy (non-hydrogen) atoms. The first kappa shape index (κ1) is 8.52. The minimum atomic E-state index is 0.416. The molecule has 1 heterocycles. The lowest BCUT2D eigenvalue weighted by Crippen LogP contribution is -2.36. The molecule has 0 radical (unpaired) electrons. The predicted molar refractivity (Wildman–Crippen MR) is 47.2 cm³/mol. The fraction of sp³-hybridized carbons (Fsp3) is 1.00. The van der Waals surface area contributed by atoms with Gasteiger partial charge in [0.1, 0.15) is 0 Å². The first-order chi connectivity index (χ1) is 5.97. The van der Waals surface area contributed by atoms with Crippen molar-refractivity contribution >= 4 is 0 Å². The monoisotopic (exact) mass is 170 g/mol. The van der Waals surface area contributed by atoms with Gasteiger partial charge >= 0.3 is 0 Å². The van der Waals surface area contributed by atoms with Crippen molar-refractivity contribution in [2.45, 2.75) is 50.7 Å². The molecule has 1 aliphatic carbocycles. The zero-order valence-corrected chi connectivity index (χ0v) is 7.63. The molecule has 0 unspecified atom stereocenters. The highest BCUT2D eigenvalue weighted by Gasteiger charge is 2.27. The molecule has 2 fully saturated rings. The molecule has 1 saturated heterocycles. The molecule has 0 N–H and O–H groups in total. The summed E-state index contributed by atoms with van der Waals surface area (Å²) in [6.07, 6.45) is 8.25. The van der Waals surface area contributed by atoms with Crippen molar-refractivity contribution in [2.24, 2.45) is 0 Å². The van der Waals surface area contributed by atoms with Crippen LogP contribution in [0.3, 0.4) is 0 Å². The third-order valence-corrected chi connectivity index (χ3v) is 2.84. The Labute approximate surface area is 74.2 Å². The van der Waals surface area contributed by atoms with Crippen LogP contribution in [-0.2, 0) is 9.47 Å². The standard InChI is InChI=1S/C10H18O2/c1-2-6-10-9(5-1)11-7-3-4-8-12-10/h9-10H,1-8H2/t9-,10-/m1/s1. The van der Waals surface area contributed by atoms with Gasteiger partial charge in [-0.25, -0.2) is 0 Å². The van der Waals surface area contributed by atoms with E-state index in [1.165, 1.54) is 38.5 Å². The van der Waals surface area contributed by atoms with Gasteiger partial charge in [-0.05, 0) is 25.7 Å². The first-order valence-corrected chi connectivity index (χ1v) is 5.20. The van der Waals surface area contributed by atoms with Crippen LogP contribution in [0.5, 0.6) is 0 Å². The van der Waals surface area contributed by atoms with E-state index in [4.69, 9.17) is 9.47 Å². The van der Waals surface area contributed by atoms with E-state index in [0.29, 0.717) is 12.2 Å². The molecular weight excluding hydrogens is 152 g/mol. The summed E-state index contributed by atoms with van der Waals surface area (Å²) in [4.78, 5) is 0. The fourth-order valence-corrected chi connectivity index (χ4v) is 2.12. The van der Waals surface area contributed by atoms with Crippen molar-refractivity contribution in [3.8, 4) is 0 Å². The van der Waals surface area contributed by atoms with Crippen molar-refractivity contribution in [2.75, 3.05) is 13.2 Å². The van der Waals surface area contributed by atoms with Crippen LogP contribution in [0.4, 0.5) is 0 Å². The van der Waals surface area contributed by atoms with Crippen LogP contribution in [-0.4, -0.2) is 25.4 Å². The maximum atomic E-state index is 5.76. The second-order valence-electron chi connectivity index (χ2n) is 3.81. The van der Waals surface area contributed by atoms with Gasteiger partial charge < -0.3 is 9.47 Å². The molecule has 0 spiro atoms. The number of ether oxygens (including phenoxy) is 2. The van der Waals surface area contributed by atoms with E-state index in [1.807, 2.05) is 0 Å². The van der Waals surface area contributed by atoms with Crippen molar-refractivity contribution < 1.29 is 9.47 Å². The van der Waals surface area contributed by atoms with E-state index in [9.17, 15) is 0 Å². The summed E-state index contributed by atoms with van der Waals surface area (Å²) in [5.74, 6) is 0. The Kier molecular flexibility index (Phi) is 3.01. The topological polar surface area (TPSA) is 18.5 Å². The van der Waals surface area contributed by atoms with Gasteiger partial charge in [-0.1, -0.05) is 12.8 Å². The van der Waals surface area contributed by atoms with E-state index in [2.05, 4.69) is 0 Å².